The molecule has 4 aromatic heterocycles. The fraction of sp³-hybridized carbons (Fsp3) is 0.192. The van der Waals surface area contributed by atoms with Gasteiger partial charge in [0.15, 0.2) is 34.5 Å². The van der Waals surface area contributed by atoms with Crippen LogP contribution in [0.15, 0.2) is 231 Å². The lowest BCUT2D eigenvalue weighted by Gasteiger charge is -2.15. The van der Waals surface area contributed by atoms with Gasteiger partial charge in [-0.2, -0.15) is 0 Å². The molecule has 484 valence electrons. The third kappa shape index (κ3) is 18.3. The van der Waals surface area contributed by atoms with Crippen molar-refractivity contribution in [2.45, 2.75) is 59.8 Å². The Morgan fingerprint density at radius 3 is 1.22 bits per heavy atom. The fourth-order valence-electron chi connectivity index (χ4n) is 10.9. The minimum atomic E-state index is -0.578. The highest BCUT2D eigenvalue weighted by molar-refractivity contribution is 5.93. The summed E-state index contributed by atoms with van der Waals surface area (Å²) in [5.74, 6) is 1.97. The van der Waals surface area contributed by atoms with Gasteiger partial charge >= 0.3 is 5.97 Å². The second-order valence-corrected chi connectivity index (χ2v) is 22.1. The van der Waals surface area contributed by atoms with Crippen LogP contribution in [0.2, 0.25) is 0 Å². The second-order valence-electron chi connectivity index (χ2n) is 22.1. The molecule has 94 heavy (non-hydrogen) atoms. The van der Waals surface area contributed by atoms with Crippen LogP contribution in [0.3, 0.4) is 0 Å². The first kappa shape index (κ1) is 67.6. The zero-order chi connectivity index (χ0) is 64.7. The maximum Gasteiger partial charge on any atom is 0.343 e. The number of aromatic hydroxyl groups is 1. The van der Waals surface area contributed by atoms with Crippen LogP contribution in [0, 0.1) is 0 Å². The molecule has 8 N–H and O–H groups in total. The number of aromatic nitrogens is 4. The molecule has 9 aromatic carbocycles. The van der Waals surface area contributed by atoms with E-state index >= 15 is 0 Å². The molecule has 0 aliphatic heterocycles. The number of carbonyl (C=O) groups excluding carboxylic acids is 1. The molecule has 0 unspecified atom stereocenters. The number of ether oxygens (including phenoxy) is 6. The first-order chi connectivity index (χ1) is 45.6. The third-order valence-electron chi connectivity index (χ3n) is 15.6. The number of fused-ring (bicyclic) bond motifs is 4. The molecule has 0 spiro atoms. The van der Waals surface area contributed by atoms with Crippen molar-refractivity contribution in [3.05, 3.63) is 281 Å². The number of rotatable bonds is 23. The van der Waals surface area contributed by atoms with Crippen LogP contribution in [-0.4, -0.2) is 66.1 Å². The maximum absolute atomic E-state index is 13.0. The van der Waals surface area contributed by atoms with E-state index < -0.39 is 5.97 Å². The normalized spacial score (nSPS) is 10.7. The largest absolute Gasteiger partial charge is 0.504 e. The molecule has 16 nitrogen and oxygen atoms in total. The molecular weight excluding hydrogens is 1180 g/mol. The number of nitrogens with one attached hydrogen (secondary N) is 7. The van der Waals surface area contributed by atoms with Crippen molar-refractivity contribution in [2.75, 3.05) is 35.5 Å². The van der Waals surface area contributed by atoms with Gasteiger partial charge in [0.2, 0.25) is 5.75 Å². The van der Waals surface area contributed by atoms with Crippen molar-refractivity contribution in [3.63, 3.8) is 0 Å². The van der Waals surface area contributed by atoms with E-state index in [4.69, 9.17) is 28.4 Å². The van der Waals surface area contributed by atoms with Gasteiger partial charge in [0, 0.05) is 104 Å². The Labute approximate surface area is 549 Å². The number of para-hydroxylation sites is 4. The van der Waals surface area contributed by atoms with Crippen LogP contribution in [0.1, 0.15) is 62.8 Å². The molecule has 16 heteroatoms. The van der Waals surface area contributed by atoms with Crippen LogP contribution in [0.25, 0.3) is 43.6 Å². The van der Waals surface area contributed by atoms with Gasteiger partial charge in [-0.3, -0.25) is 0 Å². The average molecular weight is 1260 g/mol. The number of carbonyl (C=O) groups is 1. The fourth-order valence-corrected chi connectivity index (χ4v) is 10.9. The van der Waals surface area contributed by atoms with Crippen molar-refractivity contribution in [1.29, 1.82) is 0 Å². The summed E-state index contributed by atoms with van der Waals surface area (Å²) in [5, 5.41) is 28.4. The summed E-state index contributed by atoms with van der Waals surface area (Å²) in [6.07, 6.45) is 0. The Balaban J connectivity index is 0.000000153. The van der Waals surface area contributed by atoms with Gasteiger partial charge in [-0.1, -0.05) is 153 Å². The first-order valence-electron chi connectivity index (χ1n) is 30.8. The molecule has 0 aliphatic carbocycles. The van der Waals surface area contributed by atoms with E-state index in [1.54, 1.807) is 43.5 Å². The molecule has 0 saturated carbocycles. The number of aryl methyl sites for hydroxylation is 1. The summed E-state index contributed by atoms with van der Waals surface area (Å²) >= 11 is 0. The van der Waals surface area contributed by atoms with E-state index in [9.17, 15) is 9.90 Å². The Bertz CT molecular complexity index is 4380. The highest BCUT2D eigenvalue weighted by Gasteiger charge is 2.20. The lowest BCUT2D eigenvalue weighted by Crippen LogP contribution is -2.14. The molecule has 4 heterocycles. The molecule has 0 saturated heterocycles. The number of esters is 1. The van der Waals surface area contributed by atoms with Crippen molar-refractivity contribution in [2.24, 2.45) is 7.05 Å². The van der Waals surface area contributed by atoms with Crippen LogP contribution in [-0.2, 0) is 59.4 Å². The number of phenols is 1. The number of benzene rings is 9. The molecule has 0 fully saturated rings. The lowest BCUT2D eigenvalue weighted by atomic mass is 10.1. The highest BCUT2D eigenvalue weighted by atomic mass is 16.6. The van der Waals surface area contributed by atoms with Crippen LogP contribution in [0.4, 0.5) is 0 Å². The Hall–Kier alpha value is -10.8. The van der Waals surface area contributed by atoms with Crippen molar-refractivity contribution >= 4 is 49.6 Å². The zero-order valence-electron chi connectivity index (χ0n) is 53.3. The second kappa shape index (κ2) is 34.1. The summed E-state index contributed by atoms with van der Waals surface area (Å²) < 4.78 is 34.4. The molecule has 0 bridgehead atoms. The van der Waals surface area contributed by atoms with E-state index in [-0.39, 0.29) is 18.7 Å². The van der Waals surface area contributed by atoms with Gasteiger partial charge in [-0.15, -0.1) is 0 Å². The summed E-state index contributed by atoms with van der Waals surface area (Å²) in [7, 11) is 9.68. The summed E-state index contributed by atoms with van der Waals surface area (Å²) in [4.78, 5) is 23.2. The predicted molar refractivity (Wildman–Crippen MR) is 378 cm³/mol. The number of aromatic amines is 3. The molecule has 13 aromatic rings. The quantitative estimate of drug-likeness (QED) is 0.0224. The molecule has 0 amide bonds. The zero-order valence-corrected chi connectivity index (χ0v) is 53.3. The highest BCUT2D eigenvalue weighted by Crippen LogP contribution is 2.39. The van der Waals surface area contributed by atoms with Crippen molar-refractivity contribution < 1.29 is 38.3 Å². The first-order valence-corrected chi connectivity index (χ1v) is 30.8. The summed E-state index contributed by atoms with van der Waals surface area (Å²) in [5.41, 5.74) is 14.4. The van der Waals surface area contributed by atoms with Gasteiger partial charge in [0.1, 0.15) is 0 Å². The average Bonchev–Trinajstić information content (AvgIpc) is 1.34. The van der Waals surface area contributed by atoms with Gasteiger partial charge < -0.3 is 74.3 Å². The molecule has 0 atom stereocenters. The van der Waals surface area contributed by atoms with E-state index in [0.717, 1.165) is 66.3 Å². The van der Waals surface area contributed by atoms with Crippen LogP contribution in [0.5, 0.6) is 40.2 Å². The molecule has 0 radical (unpaired) electrons. The standard InChI is InChI=1S/C27H28N2O6.C17H18N2O2.C17H18N2.C16H16N2.CH4/c1-31-22-10-9-17(15-28-16-20-12-18-7-5-6-8-21(18)29-20)11-23(22)35-27(30)19-13-24(32-2)26(34-4)25(14-19)33-3;1-21-17-7-6-12(8-16(17)20)10-18-11-14-9-13-4-2-3-5-15(13)19-14;1-19-16(11-15-9-5-6-10-17(15)19)13-18-12-14-7-3-2-4-8-14;1-2-6-13(7-3-1)11-17-12-15-10-14-8-4-5-9-16(14)18-15;/h5-14,28-29H,15-16H2,1-4H3;2-9,18-20H,10-11H2,1H3;2-11,18H,12-13H2,1H3;1-10,17-18H,11-12H2;1H4. The number of hydrogen-bond acceptors (Lipinski definition) is 12. The van der Waals surface area contributed by atoms with Crippen LogP contribution >= 0.6 is 0 Å². The minimum Gasteiger partial charge on any atom is -0.504 e. The summed E-state index contributed by atoms with van der Waals surface area (Å²) in [6, 6.07) is 76.9. The molecule has 0 aliphatic rings. The molecule has 13 rings (SSSR count). The SMILES string of the molecule is C.COc1ccc(CNCc2cc3ccccc3[nH]2)cc1O.COc1ccc(CNCc2cc3ccccc3[nH]2)cc1OC(=O)c1cc(OC)c(OC)c(OC)c1.Cn1c(CNCc2ccccc2)cc2ccccc21.c1ccc(CNCc2cc3ccccc3[nH]2)cc1. The maximum atomic E-state index is 13.0. The number of nitrogens with zero attached hydrogens (tertiary/aromatic N) is 1. The lowest BCUT2D eigenvalue weighted by molar-refractivity contribution is 0.0728. The van der Waals surface area contributed by atoms with E-state index in [2.05, 4.69) is 193 Å². The van der Waals surface area contributed by atoms with Crippen LogP contribution < -0.4 is 49.7 Å². The van der Waals surface area contributed by atoms with Gasteiger partial charge in [0.25, 0.3) is 0 Å². The number of phenolic OH excluding ortho intramolecular Hbond substituents is 1. The Morgan fingerprint density at radius 2 is 0.787 bits per heavy atom. The van der Waals surface area contributed by atoms with E-state index in [0.29, 0.717) is 54.1 Å². The Kier molecular flexibility index (Phi) is 24.5. The van der Waals surface area contributed by atoms with Crippen molar-refractivity contribution in [1.82, 2.24) is 40.8 Å². The monoisotopic (exact) mass is 1260 g/mol. The Morgan fingerprint density at radius 1 is 0.383 bits per heavy atom. The number of H-pyrrole nitrogens is 3. The van der Waals surface area contributed by atoms with Gasteiger partial charge in [-0.05, 0) is 129 Å². The van der Waals surface area contributed by atoms with Crippen molar-refractivity contribution in [3.8, 4) is 40.2 Å². The summed E-state index contributed by atoms with van der Waals surface area (Å²) in [6.45, 7) is 6.24. The topological polar surface area (TPSA) is 193 Å². The number of methoxy groups -OCH3 is 5. The minimum absolute atomic E-state index is 0. The third-order valence-corrected chi connectivity index (χ3v) is 15.6. The van der Waals surface area contributed by atoms with E-state index in [1.807, 2.05) is 48.5 Å². The van der Waals surface area contributed by atoms with Gasteiger partial charge in [-0.25, -0.2) is 4.79 Å². The predicted octanol–water partition coefficient (Wildman–Crippen LogP) is 15.4. The smallest absolute Gasteiger partial charge is 0.343 e. The number of hydrogen-bond donors (Lipinski definition) is 8. The van der Waals surface area contributed by atoms with Gasteiger partial charge in [0.05, 0.1) is 41.1 Å². The molecular formula is C78H84N8O8. The van der Waals surface area contributed by atoms with E-state index in [1.165, 1.54) is 83.5 Å².